The number of aromatic nitrogens is 1. The third-order valence-electron chi connectivity index (χ3n) is 4.60. The van der Waals surface area contributed by atoms with Gasteiger partial charge in [0.2, 0.25) is 0 Å². The number of carbonyl (C=O) groups excluding carboxylic acids is 2. The van der Waals surface area contributed by atoms with Crippen molar-refractivity contribution in [3.63, 3.8) is 0 Å². The number of carbonyl (C=O) groups is 2. The number of cyclic esters (lactones) is 2. The van der Waals surface area contributed by atoms with Gasteiger partial charge in [0, 0.05) is 24.8 Å². The maximum atomic E-state index is 12.5. The highest BCUT2D eigenvalue weighted by Crippen LogP contribution is 2.52. The highest BCUT2D eigenvalue weighted by atomic mass is 79.9. The van der Waals surface area contributed by atoms with Crippen LogP contribution in [0.15, 0.2) is 5.38 Å². The summed E-state index contributed by atoms with van der Waals surface area (Å²) < 4.78 is 16.5. The first-order valence-corrected chi connectivity index (χ1v) is 9.01. The van der Waals surface area contributed by atoms with E-state index in [9.17, 15) is 9.59 Å². The zero-order valence-electron chi connectivity index (χ0n) is 14.3. The number of rotatable bonds is 6. The summed E-state index contributed by atoms with van der Waals surface area (Å²) in [5.74, 6) is -1.07. The van der Waals surface area contributed by atoms with E-state index in [-0.39, 0.29) is 29.8 Å². The van der Waals surface area contributed by atoms with E-state index in [1.165, 1.54) is 11.3 Å². The molecule has 1 aromatic rings. The Labute approximate surface area is 161 Å². The standard InChI is InChI=1S/C16H22N2O5S.BrH/c1-3-4-5-21-7-10-6-16(12(19)22-10)9-15(2,23-13(16)20)11-8-24-14(17)18-11;/h8,10H,3-7,9H2,1-2H3,(H2,17,18);1H/t10?,15?,16-;/m0./s1. The lowest BCUT2D eigenvalue weighted by Crippen LogP contribution is -2.32. The van der Waals surface area contributed by atoms with Gasteiger partial charge in [-0.25, -0.2) is 4.98 Å². The van der Waals surface area contributed by atoms with Crippen LogP contribution in [-0.4, -0.2) is 36.2 Å². The highest BCUT2D eigenvalue weighted by Gasteiger charge is 2.65. The summed E-state index contributed by atoms with van der Waals surface area (Å²) in [5.41, 5.74) is 4.03. The fourth-order valence-electron chi connectivity index (χ4n) is 3.30. The normalized spacial score (nSPS) is 31.0. The van der Waals surface area contributed by atoms with E-state index in [0.717, 1.165) is 12.8 Å². The van der Waals surface area contributed by atoms with Crippen LogP contribution in [0.4, 0.5) is 5.13 Å². The lowest BCUT2D eigenvalue weighted by Gasteiger charge is -2.20. The molecule has 2 aliphatic heterocycles. The topological polar surface area (TPSA) is 101 Å². The number of nitrogen functional groups attached to an aromatic ring is 1. The summed E-state index contributed by atoms with van der Waals surface area (Å²) in [6.45, 7) is 4.76. The van der Waals surface area contributed by atoms with Crippen LogP contribution in [0.3, 0.4) is 0 Å². The molecule has 0 aliphatic carbocycles. The Morgan fingerprint density at radius 3 is 2.84 bits per heavy atom. The third-order valence-corrected chi connectivity index (χ3v) is 5.27. The van der Waals surface area contributed by atoms with Gasteiger partial charge in [0.15, 0.2) is 16.1 Å². The molecule has 3 heterocycles. The minimum Gasteiger partial charge on any atom is -0.459 e. The van der Waals surface area contributed by atoms with Crippen LogP contribution < -0.4 is 5.73 Å². The minimum atomic E-state index is -1.26. The molecule has 2 unspecified atom stereocenters. The molecule has 3 rings (SSSR count). The molecule has 3 atom stereocenters. The molecular formula is C16H23BrN2O5S. The fraction of sp³-hybridized carbons (Fsp3) is 0.688. The first-order chi connectivity index (χ1) is 11.4. The zero-order valence-corrected chi connectivity index (χ0v) is 16.8. The predicted octanol–water partition coefficient (Wildman–Crippen LogP) is 2.58. The van der Waals surface area contributed by atoms with Gasteiger partial charge >= 0.3 is 11.9 Å². The second-order valence-corrected chi connectivity index (χ2v) is 7.50. The Kier molecular flexibility index (Phi) is 6.11. The molecule has 7 nitrogen and oxygen atoms in total. The quantitative estimate of drug-likeness (QED) is 0.416. The number of hydrogen-bond donors (Lipinski definition) is 1. The fourth-order valence-corrected chi connectivity index (χ4v) is 3.99. The Hall–Kier alpha value is -1.19. The predicted molar refractivity (Wildman–Crippen MR) is 97.6 cm³/mol. The Morgan fingerprint density at radius 1 is 1.44 bits per heavy atom. The largest absolute Gasteiger partial charge is 0.459 e. The second-order valence-electron chi connectivity index (χ2n) is 6.61. The highest BCUT2D eigenvalue weighted by molar-refractivity contribution is 8.93. The molecule has 2 N–H and O–H groups in total. The molecule has 2 aliphatic rings. The molecule has 1 spiro atoms. The smallest absolute Gasteiger partial charge is 0.324 e. The van der Waals surface area contributed by atoms with Crippen molar-refractivity contribution in [2.24, 2.45) is 5.41 Å². The van der Waals surface area contributed by atoms with Crippen molar-refractivity contribution in [3.05, 3.63) is 11.1 Å². The van der Waals surface area contributed by atoms with Crippen LogP contribution in [0, 0.1) is 5.41 Å². The van der Waals surface area contributed by atoms with E-state index in [1.807, 2.05) is 0 Å². The van der Waals surface area contributed by atoms with Crippen LogP contribution in [0.1, 0.15) is 45.2 Å². The molecule has 0 bridgehead atoms. The van der Waals surface area contributed by atoms with Gasteiger partial charge in [-0.1, -0.05) is 13.3 Å². The number of nitrogens with zero attached hydrogens (tertiary/aromatic N) is 1. The van der Waals surface area contributed by atoms with E-state index in [1.54, 1.807) is 12.3 Å². The van der Waals surface area contributed by atoms with E-state index < -0.39 is 29.1 Å². The summed E-state index contributed by atoms with van der Waals surface area (Å²) in [6, 6.07) is 0. The minimum absolute atomic E-state index is 0. The monoisotopic (exact) mass is 434 g/mol. The van der Waals surface area contributed by atoms with Crippen molar-refractivity contribution in [2.45, 2.75) is 51.2 Å². The zero-order chi connectivity index (χ0) is 17.4. The molecule has 0 saturated carbocycles. The molecule has 1 aromatic heterocycles. The van der Waals surface area contributed by atoms with Crippen LogP contribution in [0.2, 0.25) is 0 Å². The number of nitrogens with two attached hydrogens (primary N) is 1. The average molecular weight is 435 g/mol. The molecule has 25 heavy (non-hydrogen) atoms. The van der Waals surface area contributed by atoms with Gasteiger partial charge in [0.1, 0.15) is 6.10 Å². The number of ether oxygens (including phenoxy) is 3. The van der Waals surface area contributed by atoms with Crippen molar-refractivity contribution in [2.75, 3.05) is 18.9 Å². The van der Waals surface area contributed by atoms with E-state index in [4.69, 9.17) is 19.9 Å². The lowest BCUT2D eigenvalue weighted by atomic mass is 9.78. The Bertz CT molecular complexity index is 654. The average Bonchev–Trinajstić information content (AvgIpc) is 3.16. The third kappa shape index (κ3) is 3.68. The van der Waals surface area contributed by atoms with Crippen LogP contribution in [0.25, 0.3) is 0 Å². The first-order valence-electron chi connectivity index (χ1n) is 8.13. The summed E-state index contributed by atoms with van der Waals surface area (Å²) in [7, 11) is 0. The number of unbranched alkanes of at least 4 members (excludes halogenated alkanes) is 1. The van der Waals surface area contributed by atoms with E-state index in [2.05, 4.69) is 11.9 Å². The van der Waals surface area contributed by atoms with Gasteiger partial charge in [0.25, 0.3) is 0 Å². The summed E-state index contributed by atoms with van der Waals surface area (Å²) in [4.78, 5) is 29.1. The van der Waals surface area contributed by atoms with Crippen molar-refractivity contribution < 1.29 is 23.8 Å². The van der Waals surface area contributed by atoms with Crippen LogP contribution in [0.5, 0.6) is 0 Å². The molecule has 2 fully saturated rings. The van der Waals surface area contributed by atoms with E-state index in [0.29, 0.717) is 24.0 Å². The van der Waals surface area contributed by atoms with Crippen molar-refractivity contribution in [1.82, 2.24) is 4.98 Å². The van der Waals surface area contributed by atoms with E-state index >= 15 is 0 Å². The first kappa shape index (κ1) is 20.1. The van der Waals surface area contributed by atoms with Crippen LogP contribution >= 0.6 is 28.3 Å². The molecule has 0 radical (unpaired) electrons. The number of esters is 2. The van der Waals surface area contributed by atoms with Crippen LogP contribution in [-0.2, 0) is 29.4 Å². The molecular weight excluding hydrogens is 412 g/mol. The molecule has 140 valence electrons. The maximum Gasteiger partial charge on any atom is 0.324 e. The van der Waals surface area contributed by atoms with Crippen molar-refractivity contribution >= 4 is 45.4 Å². The number of thiazole rings is 1. The molecule has 2 saturated heterocycles. The van der Waals surface area contributed by atoms with Gasteiger partial charge < -0.3 is 19.9 Å². The molecule has 0 amide bonds. The summed E-state index contributed by atoms with van der Waals surface area (Å²) in [5, 5.41) is 2.16. The summed E-state index contributed by atoms with van der Waals surface area (Å²) in [6.07, 6.45) is 2.08. The molecule has 9 heteroatoms. The van der Waals surface area contributed by atoms with Gasteiger partial charge in [0.05, 0.1) is 12.3 Å². The van der Waals surface area contributed by atoms with Gasteiger partial charge in [-0.05, 0) is 13.3 Å². The molecule has 0 aromatic carbocycles. The number of halogens is 1. The number of anilines is 1. The second kappa shape index (κ2) is 7.59. The SMILES string of the molecule is Br.CCCCOCC1C[C@]2(CC(C)(c3csc(N)n3)OC2=O)C(=O)O1. The lowest BCUT2D eigenvalue weighted by molar-refractivity contribution is -0.160. The summed E-state index contributed by atoms with van der Waals surface area (Å²) >= 11 is 1.28. The van der Waals surface area contributed by atoms with Crippen molar-refractivity contribution in [3.8, 4) is 0 Å². The van der Waals surface area contributed by atoms with Gasteiger partial charge in [-0.15, -0.1) is 28.3 Å². The number of hydrogen-bond acceptors (Lipinski definition) is 8. The Balaban J connectivity index is 0.00000225. The maximum absolute atomic E-state index is 12.5. The van der Waals surface area contributed by atoms with Crippen molar-refractivity contribution in [1.29, 1.82) is 0 Å². The van der Waals surface area contributed by atoms with Gasteiger partial charge in [-0.2, -0.15) is 0 Å². The van der Waals surface area contributed by atoms with Gasteiger partial charge in [-0.3, -0.25) is 9.59 Å². The Morgan fingerprint density at radius 2 is 2.20 bits per heavy atom.